The maximum atomic E-state index is 5.88. The van der Waals surface area contributed by atoms with Crippen molar-refractivity contribution in [2.45, 2.75) is 25.3 Å². The lowest BCUT2D eigenvalue weighted by Crippen LogP contribution is -2.21. The van der Waals surface area contributed by atoms with Crippen LogP contribution in [-0.4, -0.2) is 33.6 Å². The topological polar surface area (TPSA) is 21.1 Å². The Morgan fingerprint density at radius 2 is 2.36 bits per heavy atom. The van der Waals surface area contributed by atoms with Gasteiger partial charge in [-0.3, -0.25) is 4.68 Å². The van der Waals surface area contributed by atoms with Crippen molar-refractivity contribution in [3.63, 3.8) is 0 Å². The number of aromatic nitrogens is 2. The molecule has 1 unspecified atom stereocenters. The van der Waals surface area contributed by atoms with Crippen molar-refractivity contribution in [2.24, 2.45) is 7.05 Å². The van der Waals surface area contributed by atoms with Crippen LogP contribution >= 0.6 is 11.6 Å². The van der Waals surface area contributed by atoms with Crippen LogP contribution in [0, 0.1) is 0 Å². The molecule has 1 aromatic heterocycles. The summed E-state index contributed by atoms with van der Waals surface area (Å²) in [5, 5.41) is 4.57. The minimum Gasteiger partial charge on any atom is -0.300 e. The summed E-state index contributed by atoms with van der Waals surface area (Å²) in [6.07, 6.45) is 2.98. The van der Waals surface area contributed by atoms with E-state index >= 15 is 0 Å². The second-order valence-electron chi connectivity index (χ2n) is 3.79. The Balaban J connectivity index is 2.30. The molecule has 0 N–H and O–H groups in total. The van der Waals surface area contributed by atoms with Crippen LogP contribution in [-0.2, 0) is 13.6 Å². The first-order chi connectivity index (χ1) is 6.58. The molecule has 0 spiro atoms. The van der Waals surface area contributed by atoms with E-state index in [1.807, 2.05) is 30.9 Å². The highest BCUT2D eigenvalue weighted by Crippen LogP contribution is 2.04. The number of hydrogen-bond acceptors (Lipinski definition) is 2. The fraction of sp³-hybridized carbons (Fsp3) is 0.700. The van der Waals surface area contributed by atoms with E-state index in [-0.39, 0.29) is 5.38 Å². The van der Waals surface area contributed by atoms with E-state index in [0.29, 0.717) is 0 Å². The average molecular weight is 216 g/mol. The smallest absolute Gasteiger partial charge is 0.0764 e. The van der Waals surface area contributed by atoms with E-state index < -0.39 is 0 Å². The number of rotatable bonds is 5. The van der Waals surface area contributed by atoms with Crippen LogP contribution in [0.15, 0.2) is 12.3 Å². The Morgan fingerprint density at radius 1 is 1.64 bits per heavy atom. The van der Waals surface area contributed by atoms with Gasteiger partial charge in [0.15, 0.2) is 0 Å². The molecule has 14 heavy (non-hydrogen) atoms. The third-order valence-electron chi connectivity index (χ3n) is 2.11. The lowest BCUT2D eigenvalue weighted by molar-refractivity contribution is 0.317. The first-order valence-corrected chi connectivity index (χ1v) is 5.32. The van der Waals surface area contributed by atoms with Crippen LogP contribution in [0.4, 0.5) is 0 Å². The van der Waals surface area contributed by atoms with Gasteiger partial charge in [-0.2, -0.15) is 5.10 Å². The summed E-state index contributed by atoms with van der Waals surface area (Å²) in [5.41, 5.74) is 1.11. The molecule has 0 radical (unpaired) electrons. The second kappa shape index (κ2) is 5.37. The van der Waals surface area contributed by atoms with E-state index in [1.165, 1.54) is 0 Å². The molecule has 80 valence electrons. The highest BCUT2D eigenvalue weighted by molar-refractivity contribution is 6.20. The van der Waals surface area contributed by atoms with Crippen molar-refractivity contribution in [3.8, 4) is 0 Å². The molecular formula is C10H18ClN3. The first kappa shape index (κ1) is 11.5. The van der Waals surface area contributed by atoms with Crippen molar-refractivity contribution in [2.75, 3.05) is 13.6 Å². The van der Waals surface area contributed by atoms with E-state index in [2.05, 4.69) is 17.0 Å². The van der Waals surface area contributed by atoms with Crippen LogP contribution in [0.1, 0.15) is 19.0 Å². The van der Waals surface area contributed by atoms with Crippen molar-refractivity contribution in [1.29, 1.82) is 0 Å². The average Bonchev–Trinajstić information content (AvgIpc) is 2.48. The Bertz CT molecular complexity index is 270. The zero-order chi connectivity index (χ0) is 10.6. The third kappa shape index (κ3) is 4.11. The molecule has 1 rings (SSSR count). The fourth-order valence-electron chi connectivity index (χ4n) is 1.30. The Hall–Kier alpha value is -0.540. The van der Waals surface area contributed by atoms with Crippen LogP contribution in [0.2, 0.25) is 0 Å². The minimum atomic E-state index is 0.251. The predicted molar refractivity (Wildman–Crippen MR) is 59.5 cm³/mol. The van der Waals surface area contributed by atoms with Gasteiger partial charge in [0.1, 0.15) is 0 Å². The zero-order valence-electron chi connectivity index (χ0n) is 9.07. The fourth-order valence-corrected chi connectivity index (χ4v) is 1.40. The number of nitrogens with zero attached hydrogens (tertiary/aromatic N) is 3. The van der Waals surface area contributed by atoms with E-state index in [1.54, 1.807) is 0 Å². The Morgan fingerprint density at radius 3 is 2.86 bits per heavy atom. The molecule has 0 saturated heterocycles. The minimum absolute atomic E-state index is 0.251. The molecule has 0 aliphatic heterocycles. The van der Waals surface area contributed by atoms with E-state index in [0.717, 1.165) is 25.2 Å². The number of alkyl halides is 1. The summed E-state index contributed by atoms with van der Waals surface area (Å²) in [6.45, 7) is 3.93. The molecule has 0 saturated carbocycles. The largest absolute Gasteiger partial charge is 0.300 e. The summed E-state index contributed by atoms with van der Waals surface area (Å²) < 4.78 is 1.83. The van der Waals surface area contributed by atoms with Crippen LogP contribution in [0.5, 0.6) is 0 Å². The monoisotopic (exact) mass is 215 g/mol. The maximum Gasteiger partial charge on any atom is 0.0764 e. The summed E-state index contributed by atoms with van der Waals surface area (Å²) >= 11 is 5.88. The number of aryl methyl sites for hydroxylation is 1. The zero-order valence-corrected chi connectivity index (χ0v) is 9.83. The quantitative estimate of drug-likeness (QED) is 0.700. The standard InChI is InChI=1S/C10H18ClN3/c1-9(11)4-6-13(2)8-10-5-7-14(3)12-10/h5,7,9H,4,6,8H2,1-3H3. The van der Waals surface area contributed by atoms with Gasteiger partial charge in [-0.05, 0) is 33.0 Å². The van der Waals surface area contributed by atoms with Crippen molar-refractivity contribution < 1.29 is 0 Å². The van der Waals surface area contributed by atoms with Gasteiger partial charge in [0, 0.05) is 25.2 Å². The van der Waals surface area contributed by atoms with Gasteiger partial charge >= 0.3 is 0 Å². The van der Waals surface area contributed by atoms with Gasteiger partial charge in [0.05, 0.1) is 5.69 Å². The Kier molecular flexibility index (Phi) is 4.42. The maximum absolute atomic E-state index is 5.88. The van der Waals surface area contributed by atoms with Gasteiger partial charge in [-0.25, -0.2) is 0 Å². The van der Waals surface area contributed by atoms with Crippen LogP contribution < -0.4 is 0 Å². The highest BCUT2D eigenvalue weighted by Gasteiger charge is 2.04. The van der Waals surface area contributed by atoms with E-state index in [4.69, 9.17) is 11.6 Å². The van der Waals surface area contributed by atoms with Crippen molar-refractivity contribution >= 4 is 11.6 Å². The number of halogens is 1. The SMILES string of the molecule is CC(Cl)CCN(C)Cc1ccn(C)n1. The van der Waals surface area contributed by atoms with Crippen LogP contribution in [0.3, 0.4) is 0 Å². The lowest BCUT2D eigenvalue weighted by Gasteiger charge is -2.15. The first-order valence-electron chi connectivity index (χ1n) is 4.89. The molecule has 0 aromatic carbocycles. The molecule has 0 amide bonds. The predicted octanol–water partition coefficient (Wildman–Crippen LogP) is 1.87. The summed E-state index contributed by atoms with van der Waals surface area (Å²) in [5.74, 6) is 0. The van der Waals surface area contributed by atoms with Crippen LogP contribution in [0.25, 0.3) is 0 Å². The summed E-state index contributed by atoms with van der Waals surface area (Å²) in [4.78, 5) is 2.24. The molecule has 0 bridgehead atoms. The Labute approximate surface area is 90.7 Å². The second-order valence-corrected chi connectivity index (χ2v) is 4.53. The van der Waals surface area contributed by atoms with Crippen molar-refractivity contribution in [1.82, 2.24) is 14.7 Å². The molecule has 3 nitrogen and oxygen atoms in total. The van der Waals surface area contributed by atoms with Gasteiger partial charge in [-0.1, -0.05) is 0 Å². The molecular weight excluding hydrogens is 198 g/mol. The molecule has 0 aliphatic carbocycles. The van der Waals surface area contributed by atoms with Gasteiger partial charge in [-0.15, -0.1) is 11.6 Å². The highest BCUT2D eigenvalue weighted by atomic mass is 35.5. The molecule has 4 heteroatoms. The van der Waals surface area contributed by atoms with E-state index in [9.17, 15) is 0 Å². The molecule has 1 atom stereocenters. The van der Waals surface area contributed by atoms with Gasteiger partial charge in [0.25, 0.3) is 0 Å². The molecule has 0 fully saturated rings. The number of hydrogen-bond donors (Lipinski definition) is 0. The van der Waals surface area contributed by atoms with Gasteiger partial charge in [0.2, 0.25) is 0 Å². The molecule has 1 aromatic rings. The summed E-state index contributed by atoms with van der Waals surface area (Å²) in [6, 6.07) is 2.04. The molecule has 1 heterocycles. The van der Waals surface area contributed by atoms with Gasteiger partial charge < -0.3 is 4.90 Å². The lowest BCUT2D eigenvalue weighted by atomic mass is 10.3. The van der Waals surface area contributed by atoms with Crippen molar-refractivity contribution in [3.05, 3.63) is 18.0 Å². The molecule has 0 aliphatic rings. The summed E-state index contributed by atoms with van der Waals surface area (Å²) in [7, 11) is 4.03. The normalized spacial score (nSPS) is 13.5. The third-order valence-corrected chi connectivity index (χ3v) is 2.33.